The lowest BCUT2D eigenvalue weighted by molar-refractivity contribution is 0.222. The van der Waals surface area contributed by atoms with E-state index >= 15 is 0 Å². The molecule has 0 saturated carbocycles. The quantitative estimate of drug-likeness (QED) is 0.868. The second-order valence-corrected chi connectivity index (χ2v) is 8.59. The molecule has 2 heterocycles. The molecule has 0 N–H and O–H groups in total. The van der Waals surface area contributed by atoms with Gasteiger partial charge in [0.1, 0.15) is 0 Å². The molecule has 1 aromatic heterocycles. The Balaban J connectivity index is 1.72. The van der Waals surface area contributed by atoms with Gasteiger partial charge in [0.15, 0.2) is 0 Å². The average Bonchev–Trinajstić information content (AvgIpc) is 2.87. The Morgan fingerprint density at radius 3 is 2.59 bits per heavy atom. The van der Waals surface area contributed by atoms with Gasteiger partial charge in [-0.05, 0) is 30.4 Å². The van der Waals surface area contributed by atoms with Crippen LogP contribution in [0.4, 0.5) is 0 Å². The number of fused-ring (bicyclic) bond motifs is 1. The lowest BCUT2D eigenvalue weighted by Gasteiger charge is -2.34. The predicted molar refractivity (Wildman–Crippen MR) is 88.0 cm³/mol. The average molecular weight is 321 g/mol. The number of sulfonamides is 1. The Hall–Kier alpha value is -1.40. The molecule has 0 bridgehead atoms. The number of para-hydroxylation sites is 2. The minimum Gasteiger partial charge on any atom is -0.330 e. The van der Waals surface area contributed by atoms with Gasteiger partial charge in [0.05, 0.1) is 23.1 Å². The number of hydrogen-bond acceptors (Lipinski definition) is 3. The molecule has 1 saturated heterocycles. The van der Waals surface area contributed by atoms with E-state index in [2.05, 4.69) is 18.8 Å². The maximum absolute atomic E-state index is 12.6. The first-order chi connectivity index (χ1) is 10.5. The van der Waals surface area contributed by atoms with Gasteiger partial charge in [-0.3, -0.25) is 0 Å². The van der Waals surface area contributed by atoms with Crippen molar-refractivity contribution >= 4 is 21.1 Å². The van der Waals surface area contributed by atoms with E-state index in [0.717, 1.165) is 17.5 Å². The molecule has 6 heteroatoms. The number of aryl methyl sites for hydroxylation is 1. The maximum atomic E-state index is 12.6. The summed E-state index contributed by atoms with van der Waals surface area (Å²) < 4.78 is 28.8. The number of hydrogen-bond donors (Lipinski definition) is 0. The van der Waals surface area contributed by atoms with Gasteiger partial charge in [0.25, 0.3) is 0 Å². The van der Waals surface area contributed by atoms with Gasteiger partial charge in [0.2, 0.25) is 10.0 Å². The SMILES string of the molecule is C[C@@H]1C[C@H](C)CN(S(=O)(=O)CCn2cnc3ccccc32)C1. The van der Waals surface area contributed by atoms with E-state index in [0.29, 0.717) is 31.5 Å². The van der Waals surface area contributed by atoms with Crippen LogP contribution in [0.3, 0.4) is 0 Å². The molecular weight excluding hydrogens is 298 g/mol. The minimum atomic E-state index is -3.21. The summed E-state index contributed by atoms with van der Waals surface area (Å²) in [6.07, 6.45) is 2.83. The van der Waals surface area contributed by atoms with Gasteiger partial charge in [-0.25, -0.2) is 17.7 Å². The minimum absolute atomic E-state index is 0.132. The molecule has 3 rings (SSSR count). The van der Waals surface area contributed by atoms with E-state index in [-0.39, 0.29) is 5.75 Å². The molecule has 0 radical (unpaired) electrons. The molecule has 0 spiro atoms. The van der Waals surface area contributed by atoms with Gasteiger partial charge in [-0.1, -0.05) is 26.0 Å². The van der Waals surface area contributed by atoms with Crippen LogP contribution < -0.4 is 0 Å². The van der Waals surface area contributed by atoms with Crippen molar-refractivity contribution in [1.29, 1.82) is 0 Å². The summed E-state index contributed by atoms with van der Waals surface area (Å²) >= 11 is 0. The molecule has 5 nitrogen and oxygen atoms in total. The van der Waals surface area contributed by atoms with E-state index in [4.69, 9.17) is 0 Å². The van der Waals surface area contributed by atoms with Crippen molar-refractivity contribution < 1.29 is 8.42 Å². The summed E-state index contributed by atoms with van der Waals surface area (Å²) in [4.78, 5) is 4.31. The molecule has 120 valence electrons. The number of rotatable bonds is 4. The Morgan fingerprint density at radius 1 is 1.18 bits per heavy atom. The zero-order valence-electron chi connectivity index (χ0n) is 13.1. The predicted octanol–water partition coefficient (Wildman–Crippen LogP) is 2.34. The van der Waals surface area contributed by atoms with Crippen molar-refractivity contribution in [3.05, 3.63) is 30.6 Å². The zero-order valence-corrected chi connectivity index (χ0v) is 14.0. The van der Waals surface area contributed by atoms with Crippen LogP contribution in [-0.2, 0) is 16.6 Å². The molecule has 1 aliphatic rings. The lowest BCUT2D eigenvalue weighted by Crippen LogP contribution is -2.44. The van der Waals surface area contributed by atoms with Crippen LogP contribution in [0.1, 0.15) is 20.3 Å². The number of piperidine rings is 1. The van der Waals surface area contributed by atoms with E-state index in [1.807, 2.05) is 28.8 Å². The summed E-state index contributed by atoms with van der Waals surface area (Å²) in [5.74, 6) is 1.01. The molecule has 22 heavy (non-hydrogen) atoms. The Bertz CT molecular complexity index is 744. The van der Waals surface area contributed by atoms with Gasteiger partial charge in [0, 0.05) is 19.6 Å². The van der Waals surface area contributed by atoms with Crippen LogP contribution in [0.15, 0.2) is 30.6 Å². The third-order valence-corrected chi connectivity index (χ3v) is 6.13. The van der Waals surface area contributed by atoms with Gasteiger partial charge in [-0.15, -0.1) is 0 Å². The lowest BCUT2D eigenvalue weighted by atomic mass is 9.94. The van der Waals surface area contributed by atoms with Crippen molar-refractivity contribution in [2.75, 3.05) is 18.8 Å². The molecule has 1 fully saturated rings. The first kappa shape index (κ1) is 15.5. The van der Waals surface area contributed by atoms with Crippen molar-refractivity contribution in [1.82, 2.24) is 13.9 Å². The summed E-state index contributed by atoms with van der Waals surface area (Å²) in [6.45, 7) is 6.00. The van der Waals surface area contributed by atoms with Gasteiger partial charge >= 0.3 is 0 Å². The Kier molecular flexibility index (Phi) is 4.23. The fourth-order valence-electron chi connectivity index (χ4n) is 3.36. The third-order valence-electron chi connectivity index (χ3n) is 4.35. The molecule has 2 atom stereocenters. The highest BCUT2D eigenvalue weighted by Crippen LogP contribution is 2.23. The molecule has 0 unspecified atom stereocenters. The van der Waals surface area contributed by atoms with Gasteiger partial charge < -0.3 is 4.57 Å². The maximum Gasteiger partial charge on any atom is 0.215 e. The standard InChI is InChI=1S/C16H23N3O2S/c1-13-9-14(2)11-19(10-13)22(20,21)8-7-18-12-17-15-5-3-4-6-16(15)18/h3-6,12-14H,7-11H2,1-2H3/t13-,14+. The third kappa shape index (κ3) is 3.17. The van der Waals surface area contributed by atoms with Crippen LogP contribution in [0.25, 0.3) is 11.0 Å². The first-order valence-electron chi connectivity index (χ1n) is 7.83. The van der Waals surface area contributed by atoms with Crippen LogP contribution in [0, 0.1) is 11.8 Å². The largest absolute Gasteiger partial charge is 0.330 e. The van der Waals surface area contributed by atoms with Crippen LogP contribution >= 0.6 is 0 Å². The van der Waals surface area contributed by atoms with E-state index in [1.54, 1.807) is 10.6 Å². The smallest absolute Gasteiger partial charge is 0.215 e. The van der Waals surface area contributed by atoms with E-state index < -0.39 is 10.0 Å². The highest BCUT2D eigenvalue weighted by Gasteiger charge is 2.30. The molecule has 1 aliphatic heterocycles. The summed E-state index contributed by atoms with van der Waals surface area (Å²) in [7, 11) is -3.21. The topological polar surface area (TPSA) is 55.2 Å². The van der Waals surface area contributed by atoms with Gasteiger partial charge in [-0.2, -0.15) is 0 Å². The van der Waals surface area contributed by atoms with Crippen LogP contribution in [-0.4, -0.2) is 41.1 Å². The van der Waals surface area contributed by atoms with E-state index in [1.165, 1.54) is 0 Å². The second kappa shape index (κ2) is 6.01. The number of aromatic nitrogens is 2. The van der Waals surface area contributed by atoms with Crippen LogP contribution in [0.2, 0.25) is 0 Å². The summed E-state index contributed by atoms with van der Waals surface area (Å²) in [6, 6.07) is 7.80. The zero-order chi connectivity index (χ0) is 15.7. The molecule has 2 aromatic rings. The second-order valence-electron chi connectivity index (χ2n) is 6.51. The first-order valence-corrected chi connectivity index (χ1v) is 9.44. The van der Waals surface area contributed by atoms with Crippen molar-refractivity contribution in [2.24, 2.45) is 11.8 Å². The normalized spacial score (nSPS) is 23.9. The Morgan fingerprint density at radius 2 is 1.86 bits per heavy atom. The van der Waals surface area contributed by atoms with Crippen molar-refractivity contribution in [3.8, 4) is 0 Å². The number of nitrogens with zero attached hydrogens (tertiary/aromatic N) is 3. The monoisotopic (exact) mass is 321 g/mol. The van der Waals surface area contributed by atoms with E-state index in [9.17, 15) is 8.42 Å². The number of benzene rings is 1. The highest BCUT2D eigenvalue weighted by molar-refractivity contribution is 7.89. The van der Waals surface area contributed by atoms with Crippen molar-refractivity contribution in [3.63, 3.8) is 0 Å². The Labute approximate surface area is 132 Å². The van der Waals surface area contributed by atoms with Crippen LogP contribution in [0.5, 0.6) is 0 Å². The summed E-state index contributed by atoms with van der Waals surface area (Å²) in [5.41, 5.74) is 1.89. The molecular formula is C16H23N3O2S. The molecule has 1 aromatic carbocycles. The fourth-order valence-corrected chi connectivity index (χ4v) is 5.01. The number of imidazole rings is 1. The molecule has 0 amide bonds. The highest BCUT2D eigenvalue weighted by atomic mass is 32.2. The molecule has 0 aliphatic carbocycles. The summed E-state index contributed by atoms with van der Waals surface area (Å²) in [5, 5.41) is 0. The van der Waals surface area contributed by atoms with Crippen molar-refractivity contribution in [2.45, 2.75) is 26.8 Å². The fraction of sp³-hybridized carbons (Fsp3) is 0.562.